The van der Waals surface area contributed by atoms with Crippen LogP contribution in [0.3, 0.4) is 0 Å². The van der Waals surface area contributed by atoms with Gasteiger partial charge in [-0.15, -0.1) is 0 Å². The molecule has 0 aliphatic carbocycles. The van der Waals surface area contributed by atoms with Crippen molar-refractivity contribution in [2.24, 2.45) is 7.05 Å². The Morgan fingerprint density at radius 3 is 2.74 bits per heavy atom. The van der Waals surface area contributed by atoms with Crippen LogP contribution in [0.5, 0.6) is 5.75 Å². The molecule has 3 heterocycles. The number of aromatic nitrogens is 4. The molecule has 12 heteroatoms. The van der Waals surface area contributed by atoms with Crippen molar-refractivity contribution < 1.29 is 28.6 Å². The molecule has 0 saturated heterocycles. The minimum Gasteiger partial charge on any atom is -0.490 e. The highest BCUT2D eigenvalue weighted by molar-refractivity contribution is 6.03. The van der Waals surface area contributed by atoms with Crippen LogP contribution in [0.15, 0.2) is 57.9 Å². The second-order valence-electron chi connectivity index (χ2n) is 7.01. The van der Waals surface area contributed by atoms with Crippen molar-refractivity contribution in [2.45, 2.75) is 0 Å². The third kappa shape index (κ3) is 5.42. The first kappa shape index (κ1) is 22.6. The van der Waals surface area contributed by atoms with Gasteiger partial charge >= 0.3 is 5.97 Å². The van der Waals surface area contributed by atoms with Gasteiger partial charge in [0.25, 0.3) is 11.5 Å². The van der Waals surface area contributed by atoms with Crippen LogP contribution in [0.4, 0.5) is 5.69 Å². The van der Waals surface area contributed by atoms with Gasteiger partial charge in [-0.25, -0.2) is 19.4 Å². The molecule has 0 saturated carbocycles. The Labute approximate surface area is 191 Å². The Bertz CT molecular complexity index is 1400. The number of hydrogen-bond donors (Lipinski definition) is 2. The number of pyridine rings is 1. The Hall–Kier alpha value is -4.58. The van der Waals surface area contributed by atoms with Gasteiger partial charge in [0.2, 0.25) is 5.89 Å². The summed E-state index contributed by atoms with van der Waals surface area (Å²) in [7, 11) is 1.53. The molecule has 4 rings (SSSR count). The first-order chi connectivity index (χ1) is 16.4. The molecule has 4 aromatic rings. The van der Waals surface area contributed by atoms with Crippen LogP contribution in [0.25, 0.3) is 22.7 Å². The van der Waals surface area contributed by atoms with Gasteiger partial charge in [-0.3, -0.25) is 9.59 Å². The van der Waals surface area contributed by atoms with Crippen molar-refractivity contribution in [3.8, 4) is 17.3 Å². The molecule has 0 fully saturated rings. The lowest BCUT2D eigenvalue weighted by atomic mass is 10.2. The molecule has 34 heavy (non-hydrogen) atoms. The second kappa shape index (κ2) is 9.92. The van der Waals surface area contributed by atoms with E-state index in [9.17, 15) is 14.4 Å². The number of hydrogen-bond acceptors (Lipinski definition) is 9. The molecule has 1 aromatic carbocycles. The van der Waals surface area contributed by atoms with Gasteiger partial charge in [0, 0.05) is 18.8 Å². The van der Waals surface area contributed by atoms with Crippen LogP contribution >= 0.6 is 0 Å². The number of nitrogens with one attached hydrogen (secondary N) is 1. The summed E-state index contributed by atoms with van der Waals surface area (Å²) in [6, 6.07) is 11.0. The summed E-state index contributed by atoms with van der Waals surface area (Å²) in [6.07, 6.45) is 1.39. The van der Waals surface area contributed by atoms with Crippen LogP contribution in [-0.2, 0) is 16.6 Å². The molecular formula is C22H19N5O7. The summed E-state index contributed by atoms with van der Waals surface area (Å²) >= 11 is 0. The molecule has 2 N–H and O–H groups in total. The predicted molar refractivity (Wildman–Crippen MR) is 119 cm³/mol. The summed E-state index contributed by atoms with van der Waals surface area (Å²) in [4.78, 5) is 42.9. The van der Waals surface area contributed by atoms with Crippen molar-refractivity contribution in [1.82, 2.24) is 19.7 Å². The molecule has 0 aliphatic rings. The van der Waals surface area contributed by atoms with Crippen LogP contribution in [0.1, 0.15) is 10.5 Å². The maximum atomic E-state index is 12.5. The number of carbonyl (C=O) groups is 2. The number of ether oxygens (including phenoxy) is 2. The third-order valence-electron chi connectivity index (χ3n) is 4.52. The lowest BCUT2D eigenvalue weighted by Gasteiger charge is -2.07. The molecule has 0 aliphatic heterocycles. The maximum absolute atomic E-state index is 12.5. The Kier molecular flexibility index (Phi) is 6.59. The fourth-order valence-electron chi connectivity index (χ4n) is 2.90. The molecule has 174 valence electrons. The number of carboxylic acids is 1. The molecule has 1 amide bonds. The third-order valence-corrected chi connectivity index (χ3v) is 4.52. The van der Waals surface area contributed by atoms with E-state index in [0.717, 1.165) is 0 Å². The molecule has 3 aromatic heterocycles. The fourth-order valence-corrected chi connectivity index (χ4v) is 2.90. The highest BCUT2D eigenvalue weighted by Crippen LogP contribution is 2.25. The molecular weight excluding hydrogens is 446 g/mol. The first-order valence-electron chi connectivity index (χ1n) is 10.0. The number of fused-ring (bicyclic) bond motifs is 1. The van der Waals surface area contributed by atoms with E-state index in [1.807, 2.05) is 0 Å². The summed E-state index contributed by atoms with van der Waals surface area (Å²) in [5, 5.41) is 15.4. The van der Waals surface area contributed by atoms with Crippen molar-refractivity contribution in [3.63, 3.8) is 0 Å². The van der Waals surface area contributed by atoms with Gasteiger partial charge in [-0.05, 0) is 36.4 Å². The second-order valence-corrected chi connectivity index (χ2v) is 7.01. The highest BCUT2D eigenvalue weighted by atomic mass is 16.5. The van der Waals surface area contributed by atoms with Crippen molar-refractivity contribution >= 4 is 28.7 Å². The largest absolute Gasteiger partial charge is 0.490 e. The minimum absolute atomic E-state index is 0.110. The number of anilines is 1. The number of aliphatic carboxylic acids is 1. The average molecular weight is 465 g/mol. The van der Waals surface area contributed by atoms with Crippen molar-refractivity contribution in [3.05, 3.63) is 64.7 Å². The molecule has 0 bridgehead atoms. The number of rotatable bonds is 9. The Morgan fingerprint density at radius 1 is 1.15 bits per heavy atom. The quantitative estimate of drug-likeness (QED) is 0.349. The predicted octanol–water partition coefficient (Wildman–Crippen LogP) is 1.72. The minimum atomic E-state index is -1.05. The lowest BCUT2D eigenvalue weighted by molar-refractivity contribution is -0.142. The van der Waals surface area contributed by atoms with Gasteiger partial charge in [-0.1, -0.05) is 0 Å². The summed E-state index contributed by atoms with van der Waals surface area (Å²) in [6.45, 7) is -0.138. The van der Waals surface area contributed by atoms with E-state index in [0.29, 0.717) is 28.2 Å². The van der Waals surface area contributed by atoms with E-state index in [-0.39, 0.29) is 30.4 Å². The number of aryl methyl sites for hydroxylation is 1. The van der Waals surface area contributed by atoms with Gasteiger partial charge in [0.05, 0.1) is 12.8 Å². The monoisotopic (exact) mass is 465 g/mol. The zero-order valence-corrected chi connectivity index (χ0v) is 17.9. The number of carboxylic acid groups (broad SMARTS) is 1. The first-order valence-corrected chi connectivity index (χ1v) is 10.0. The van der Waals surface area contributed by atoms with Gasteiger partial charge in [0.1, 0.15) is 35.9 Å². The van der Waals surface area contributed by atoms with Gasteiger partial charge in [0.15, 0.2) is 5.58 Å². The molecule has 0 spiro atoms. The van der Waals surface area contributed by atoms with E-state index in [2.05, 4.69) is 20.4 Å². The van der Waals surface area contributed by atoms with E-state index >= 15 is 0 Å². The molecule has 0 unspecified atom stereocenters. The van der Waals surface area contributed by atoms with E-state index in [1.54, 1.807) is 24.3 Å². The average Bonchev–Trinajstić information content (AvgIpc) is 3.24. The Morgan fingerprint density at radius 2 is 2.00 bits per heavy atom. The van der Waals surface area contributed by atoms with Crippen LogP contribution in [0.2, 0.25) is 0 Å². The van der Waals surface area contributed by atoms with Gasteiger partial charge < -0.3 is 24.3 Å². The standard InChI is InChI=1S/C22H19N5O7/c1-27-19(28)7-5-16(26-27)22-25-17-10-13(2-6-18(17)34-22)24-21(31)15-4-3-14(11-23-15)33-9-8-32-12-20(29)30/h2-7,10-11H,8-9,12H2,1H3,(H,24,31)(H,29,30). The van der Waals surface area contributed by atoms with Crippen LogP contribution in [0, 0.1) is 0 Å². The number of nitrogens with zero attached hydrogens (tertiary/aromatic N) is 4. The summed E-state index contributed by atoms with van der Waals surface area (Å²) in [5.41, 5.74) is 1.82. The van der Waals surface area contributed by atoms with Crippen LogP contribution < -0.4 is 15.6 Å². The van der Waals surface area contributed by atoms with E-state index in [1.165, 1.54) is 36.1 Å². The molecule has 12 nitrogen and oxygen atoms in total. The summed E-state index contributed by atoms with van der Waals surface area (Å²) < 4.78 is 17.1. The maximum Gasteiger partial charge on any atom is 0.329 e. The number of oxazole rings is 1. The number of amides is 1. The number of carbonyl (C=O) groups excluding carboxylic acids is 1. The fraction of sp³-hybridized carbons (Fsp3) is 0.182. The Balaban J connectivity index is 1.39. The smallest absolute Gasteiger partial charge is 0.329 e. The van der Waals surface area contributed by atoms with Crippen molar-refractivity contribution in [1.29, 1.82) is 0 Å². The molecule has 0 radical (unpaired) electrons. The zero-order valence-electron chi connectivity index (χ0n) is 17.9. The SMILES string of the molecule is Cn1nc(-c2nc3cc(NC(=O)c4ccc(OCCOCC(=O)O)cn4)ccc3o2)ccc1=O. The zero-order chi connectivity index (χ0) is 24.1. The normalized spacial score (nSPS) is 10.9. The summed E-state index contributed by atoms with van der Waals surface area (Å²) in [5.74, 6) is -0.820. The highest BCUT2D eigenvalue weighted by Gasteiger charge is 2.13. The van der Waals surface area contributed by atoms with Crippen LogP contribution in [-0.4, -0.2) is 56.6 Å². The lowest BCUT2D eigenvalue weighted by Crippen LogP contribution is -2.18. The van der Waals surface area contributed by atoms with Crippen molar-refractivity contribution in [2.75, 3.05) is 25.1 Å². The topological polar surface area (TPSA) is 159 Å². The van der Waals surface area contributed by atoms with E-state index < -0.39 is 18.5 Å². The number of benzene rings is 1. The van der Waals surface area contributed by atoms with Gasteiger partial charge in [-0.2, -0.15) is 5.10 Å². The van der Waals surface area contributed by atoms with E-state index in [4.69, 9.17) is 19.0 Å². The molecule has 0 atom stereocenters.